The van der Waals surface area contributed by atoms with E-state index < -0.39 is 0 Å². The third-order valence-electron chi connectivity index (χ3n) is 3.31. The molecule has 1 fully saturated rings. The van der Waals surface area contributed by atoms with Gasteiger partial charge in [-0.05, 0) is 33.6 Å². The minimum atomic E-state index is -0.236. The highest BCUT2D eigenvalue weighted by molar-refractivity contribution is 9.10. The second-order valence-corrected chi connectivity index (χ2v) is 6.55. The van der Waals surface area contributed by atoms with Gasteiger partial charge >= 0.3 is 0 Å². The third kappa shape index (κ3) is 2.91. The van der Waals surface area contributed by atoms with Gasteiger partial charge in [0, 0.05) is 29.1 Å². The van der Waals surface area contributed by atoms with Gasteiger partial charge in [0.05, 0.1) is 11.0 Å². The number of halogens is 3. The van der Waals surface area contributed by atoms with Crippen molar-refractivity contribution in [2.24, 2.45) is 0 Å². The average molecular weight is 403 g/mol. The number of amides is 2. The summed E-state index contributed by atoms with van der Waals surface area (Å²) in [6, 6.07) is 5.22. The lowest BCUT2D eigenvalue weighted by atomic mass is 10.2. The summed E-state index contributed by atoms with van der Waals surface area (Å²) in [7, 11) is 0. The fourth-order valence-electron chi connectivity index (χ4n) is 2.26. The molecule has 0 saturated carbocycles. The molecule has 1 aromatic heterocycles. The van der Waals surface area contributed by atoms with Crippen LogP contribution in [0.3, 0.4) is 0 Å². The van der Waals surface area contributed by atoms with Crippen molar-refractivity contribution in [2.75, 3.05) is 4.90 Å². The Morgan fingerprint density at radius 2 is 1.86 bits per heavy atom. The Morgan fingerprint density at radius 3 is 2.50 bits per heavy atom. The number of aromatic nitrogens is 2. The molecule has 0 bridgehead atoms. The van der Waals surface area contributed by atoms with E-state index in [9.17, 15) is 9.59 Å². The summed E-state index contributed by atoms with van der Waals surface area (Å²) in [5.74, 6) is -0.154. The second kappa shape index (κ2) is 6.02. The zero-order valence-electron chi connectivity index (χ0n) is 11.2. The number of hydrogen-bond acceptors (Lipinski definition) is 3. The first-order valence-electron chi connectivity index (χ1n) is 6.48. The first kappa shape index (κ1) is 15.5. The van der Waals surface area contributed by atoms with Gasteiger partial charge in [0.2, 0.25) is 11.8 Å². The van der Waals surface area contributed by atoms with Gasteiger partial charge in [0.1, 0.15) is 0 Å². The minimum Gasteiger partial charge on any atom is -0.274 e. The van der Waals surface area contributed by atoms with Crippen molar-refractivity contribution < 1.29 is 9.59 Å². The van der Waals surface area contributed by atoms with E-state index in [0.29, 0.717) is 26.9 Å². The van der Waals surface area contributed by atoms with Crippen molar-refractivity contribution in [1.82, 2.24) is 9.78 Å². The Bertz CT molecular complexity index is 759. The first-order chi connectivity index (χ1) is 10.5. The predicted octanol–water partition coefficient (Wildman–Crippen LogP) is 3.65. The van der Waals surface area contributed by atoms with Crippen LogP contribution in [0.1, 0.15) is 18.4 Å². The van der Waals surface area contributed by atoms with Gasteiger partial charge in [0.25, 0.3) is 0 Å². The highest BCUT2D eigenvalue weighted by Gasteiger charge is 2.33. The van der Waals surface area contributed by atoms with E-state index in [0.717, 1.165) is 10.5 Å². The molecule has 1 aliphatic rings. The van der Waals surface area contributed by atoms with Gasteiger partial charge in [-0.15, -0.1) is 0 Å². The van der Waals surface area contributed by atoms with Crippen LogP contribution in [0.15, 0.2) is 28.9 Å². The Hall–Kier alpha value is -1.37. The monoisotopic (exact) mass is 401 g/mol. The SMILES string of the molecule is O=C1CCC(=O)N1c1nn(Cc2ccc(Cl)cc2Cl)cc1Br. The summed E-state index contributed by atoms with van der Waals surface area (Å²) in [6.45, 7) is 0.408. The fourth-order valence-corrected chi connectivity index (χ4v) is 3.22. The number of benzene rings is 1. The smallest absolute Gasteiger partial charge is 0.235 e. The lowest BCUT2D eigenvalue weighted by Gasteiger charge is -2.10. The normalized spacial score (nSPS) is 15.0. The third-order valence-corrected chi connectivity index (χ3v) is 4.46. The Morgan fingerprint density at radius 1 is 1.18 bits per heavy atom. The number of anilines is 1. The summed E-state index contributed by atoms with van der Waals surface area (Å²) < 4.78 is 2.20. The molecule has 0 aliphatic carbocycles. The summed E-state index contributed by atoms with van der Waals surface area (Å²) in [5, 5.41) is 5.41. The Labute approximate surface area is 144 Å². The standard InChI is InChI=1S/C14H10BrCl2N3O2/c15-10-7-19(6-8-1-2-9(16)5-11(8)17)18-14(10)20-12(21)3-4-13(20)22/h1-2,5,7H,3-4,6H2. The van der Waals surface area contributed by atoms with Gasteiger partial charge in [-0.1, -0.05) is 29.3 Å². The van der Waals surface area contributed by atoms with Crippen molar-refractivity contribution in [1.29, 1.82) is 0 Å². The maximum atomic E-state index is 11.8. The molecule has 1 aliphatic heterocycles. The molecule has 0 atom stereocenters. The van der Waals surface area contributed by atoms with E-state index >= 15 is 0 Å². The summed E-state index contributed by atoms with van der Waals surface area (Å²) in [4.78, 5) is 24.7. The lowest BCUT2D eigenvalue weighted by Crippen LogP contribution is -2.29. The largest absolute Gasteiger partial charge is 0.274 e. The molecular formula is C14H10BrCl2N3O2. The molecular weight excluding hydrogens is 393 g/mol. The Kier molecular flexibility index (Phi) is 4.25. The zero-order valence-corrected chi connectivity index (χ0v) is 14.3. The van der Waals surface area contributed by atoms with Crippen molar-refractivity contribution >= 4 is 56.8 Å². The molecule has 3 rings (SSSR count). The van der Waals surface area contributed by atoms with Crippen molar-refractivity contribution in [3.63, 3.8) is 0 Å². The van der Waals surface area contributed by atoms with Crippen LogP contribution in [0.25, 0.3) is 0 Å². The highest BCUT2D eigenvalue weighted by atomic mass is 79.9. The molecule has 5 nitrogen and oxygen atoms in total. The number of rotatable bonds is 3. The van der Waals surface area contributed by atoms with Crippen LogP contribution in [-0.2, 0) is 16.1 Å². The Balaban J connectivity index is 1.89. The number of carbonyl (C=O) groups is 2. The van der Waals surface area contributed by atoms with Gasteiger partial charge in [-0.2, -0.15) is 5.10 Å². The van der Waals surface area contributed by atoms with Crippen LogP contribution in [0.4, 0.5) is 5.82 Å². The van der Waals surface area contributed by atoms with E-state index in [1.807, 2.05) is 6.07 Å². The highest BCUT2D eigenvalue weighted by Crippen LogP contribution is 2.29. The van der Waals surface area contributed by atoms with Crippen LogP contribution in [0, 0.1) is 0 Å². The lowest BCUT2D eigenvalue weighted by molar-refractivity contribution is -0.121. The molecule has 1 aromatic carbocycles. The molecule has 2 amide bonds. The van der Waals surface area contributed by atoms with Crippen LogP contribution < -0.4 is 4.90 Å². The van der Waals surface area contributed by atoms with E-state index in [2.05, 4.69) is 21.0 Å². The number of nitrogens with zero attached hydrogens (tertiary/aromatic N) is 3. The molecule has 22 heavy (non-hydrogen) atoms. The fraction of sp³-hybridized carbons (Fsp3) is 0.214. The summed E-state index contributed by atoms with van der Waals surface area (Å²) >= 11 is 15.4. The number of carbonyl (C=O) groups excluding carboxylic acids is 2. The topological polar surface area (TPSA) is 55.2 Å². The zero-order chi connectivity index (χ0) is 15.9. The van der Waals surface area contributed by atoms with Gasteiger partial charge in [-0.3, -0.25) is 14.3 Å². The number of imide groups is 1. The van der Waals surface area contributed by atoms with E-state index in [1.54, 1.807) is 23.0 Å². The van der Waals surface area contributed by atoms with Crippen molar-refractivity contribution in [2.45, 2.75) is 19.4 Å². The van der Waals surface area contributed by atoms with Crippen molar-refractivity contribution in [3.05, 3.63) is 44.5 Å². The van der Waals surface area contributed by atoms with Gasteiger partial charge in [0.15, 0.2) is 5.82 Å². The average Bonchev–Trinajstić information content (AvgIpc) is 2.96. The minimum absolute atomic E-state index is 0.223. The van der Waals surface area contributed by atoms with Gasteiger partial charge in [-0.25, -0.2) is 4.90 Å². The van der Waals surface area contributed by atoms with E-state index in [4.69, 9.17) is 23.2 Å². The maximum absolute atomic E-state index is 11.8. The second-order valence-electron chi connectivity index (χ2n) is 4.86. The van der Waals surface area contributed by atoms with Crippen LogP contribution in [0.2, 0.25) is 10.0 Å². The molecule has 0 unspecified atom stereocenters. The molecule has 2 heterocycles. The number of hydrogen-bond donors (Lipinski definition) is 0. The summed E-state index contributed by atoms with van der Waals surface area (Å²) in [5.41, 5.74) is 0.840. The van der Waals surface area contributed by atoms with E-state index in [-0.39, 0.29) is 24.7 Å². The molecule has 0 spiro atoms. The van der Waals surface area contributed by atoms with E-state index in [1.165, 1.54) is 0 Å². The van der Waals surface area contributed by atoms with Crippen molar-refractivity contribution in [3.8, 4) is 0 Å². The molecule has 0 radical (unpaired) electrons. The first-order valence-corrected chi connectivity index (χ1v) is 8.03. The maximum Gasteiger partial charge on any atom is 0.235 e. The van der Waals surface area contributed by atoms with Gasteiger partial charge < -0.3 is 0 Å². The van der Waals surface area contributed by atoms with Crippen LogP contribution in [0.5, 0.6) is 0 Å². The van der Waals surface area contributed by atoms with Crippen LogP contribution >= 0.6 is 39.1 Å². The quantitative estimate of drug-likeness (QED) is 0.736. The van der Waals surface area contributed by atoms with Crippen LogP contribution in [-0.4, -0.2) is 21.6 Å². The molecule has 2 aromatic rings. The predicted molar refractivity (Wildman–Crippen MR) is 87.2 cm³/mol. The molecule has 1 saturated heterocycles. The summed E-state index contributed by atoms with van der Waals surface area (Å²) in [6.07, 6.45) is 2.15. The molecule has 0 N–H and O–H groups in total. The molecule has 114 valence electrons. The molecule has 8 heteroatoms.